The second kappa shape index (κ2) is 42.0. The Kier molecular flexibility index (Phi) is 36.8. The van der Waals surface area contributed by atoms with Crippen LogP contribution in [0.15, 0.2) is 35.7 Å². The number of urea groups is 1. The van der Waals surface area contributed by atoms with Gasteiger partial charge >= 0.3 is 12.0 Å². The minimum atomic E-state index is -3.46. The van der Waals surface area contributed by atoms with Crippen LogP contribution in [0.25, 0.3) is 0 Å². The molecule has 79 heavy (non-hydrogen) atoms. The van der Waals surface area contributed by atoms with Gasteiger partial charge in [-0.2, -0.15) is 0 Å². The Bertz CT molecular complexity index is 2280. The van der Waals surface area contributed by atoms with Crippen molar-refractivity contribution in [2.24, 2.45) is 11.1 Å². The maximum Gasteiger partial charge on any atom is 0.312 e. The molecule has 1 atom stereocenters. The Hall–Kier alpha value is -5.93. The predicted octanol–water partition coefficient (Wildman–Crippen LogP) is 0.753. The molecule has 0 bridgehead atoms. The van der Waals surface area contributed by atoms with Crippen molar-refractivity contribution >= 4 is 51.2 Å². The average Bonchev–Trinajstić information content (AvgIpc) is 3.40. The Morgan fingerprint density at radius 2 is 1.14 bits per heavy atom. The average molecular weight is 1140 g/mol. The van der Waals surface area contributed by atoms with Crippen molar-refractivity contribution in [1.82, 2.24) is 31.2 Å². The monoisotopic (exact) mass is 1140 g/mol. The molecule has 2 aromatic rings. The Morgan fingerprint density at radius 1 is 0.646 bits per heavy atom. The zero-order valence-corrected chi connectivity index (χ0v) is 47.1. The molecule has 0 fully saturated rings. The summed E-state index contributed by atoms with van der Waals surface area (Å²) in [6.45, 7) is 13.2. The van der Waals surface area contributed by atoms with E-state index in [0.29, 0.717) is 143 Å². The van der Waals surface area contributed by atoms with Crippen LogP contribution in [-0.2, 0) is 87.8 Å². The highest BCUT2D eigenvalue weighted by atomic mass is 32.2. The molecule has 26 nitrogen and oxygen atoms in total. The van der Waals surface area contributed by atoms with Gasteiger partial charge in [-0.1, -0.05) is 17.9 Å². The number of benzene rings is 1. The van der Waals surface area contributed by atoms with Crippen molar-refractivity contribution in [3.63, 3.8) is 0 Å². The number of primary amides is 1. The summed E-state index contributed by atoms with van der Waals surface area (Å²) in [5.41, 5.74) is 7.00. The van der Waals surface area contributed by atoms with Gasteiger partial charge in [0.1, 0.15) is 25.9 Å². The van der Waals surface area contributed by atoms with E-state index < -0.39 is 58.3 Å². The first kappa shape index (κ1) is 69.2. The van der Waals surface area contributed by atoms with Crippen molar-refractivity contribution in [3.05, 3.63) is 47.3 Å². The molecule has 27 heteroatoms. The number of aromatic nitrogens is 2. The van der Waals surface area contributed by atoms with Gasteiger partial charge in [-0.05, 0) is 70.2 Å². The molecule has 1 aromatic carbocycles. The normalized spacial score (nSPS) is 11.7. The first-order chi connectivity index (χ1) is 37.8. The van der Waals surface area contributed by atoms with Gasteiger partial charge in [0.15, 0.2) is 0 Å². The van der Waals surface area contributed by atoms with Crippen LogP contribution >= 0.6 is 0 Å². The number of nitrogens with one attached hydrogen (secondary N) is 5. The van der Waals surface area contributed by atoms with Crippen molar-refractivity contribution < 1.29 is 84.6 Å². The summed E-state index contributed by atoms with van der Waals surface area (Å²) in [5.74, 6) is 3.73. The molecule has 0 aliphatic rings. The SMILES string of the molecule is Cc1cc(NC(=O)[C@H](CCCNC(N)=O)NC(=O)COCC(=O)NCCOCCOCCOCCOCCOCCOCCOCCOCCNC(=O)CCCC#Cc2cnc(S(C)(=O)=O)nc2)ccc1COC(=O)C(C)(C)C. The summed E-state index contributed by atoms with van der Waals surface area (Å²) in [7, 11) is -3.46. The first-order valence-corrected chi connectivity index (χ1v) is 27.9. The van der Waals surface area contributed by atoms with Gasteiger partial charge in [0.2, 0.25) is 38.6 Å². The lowest BCUT2D eigenvalue weighted by Crippen LogP contribution is -2.46. The third-order valence-corrected chi connectivity index (χ3v) is 11.2. The number of nitrogens with two attached hydrogens (primary N) is 1. The predicted molar refractivity (Wildman–Crippen MR) is 287 cm³/mol. The summed E-state index contributed by atoms with van der Waals surface area (Å²) in [4.78, 5) is 81.0. The molecule has 444 valence electrons. The largest absolute Gasteiger partial charge is 0.460 e. The smallest absolute Gasteiger partial charge is 0.312 e. The van der Waals surface area contributed by atoms with Gasteiger partial charge in [0.05, 0.1) is 117 Å². The van der Waals surface area contributed by atoms with Gasteiger partial charge in [0, 0.05) is 56.8 Å². The highest BCUT2D eigenvalue weighted by Crippen LogP contribution is 2.20. The molecule has 1 aromatic heterocycles. The van der Waals surface area contributed by atoms with E-state index in [4.69, 9.17) is 53.1 Å². The minimum Gasteiger partial charge on any atom is -0.460 e. The lowest BCUT2D eigenvalue weighted by molar-refractivity contribution is -0.154. The molecule has 7 N–H and O–H groups in total. The minimum absolute atomic E-state index is 0.0772. The molecular formula is C52H82N8O18S. The number of hydrogen-bond acceptors (Lipinski definition) is 20. The number of aryl methyl sites for hydroxylation is 1. The van der Waals surface area contributed by atoms with Crippen molar-refractivity contribution in [1.29, 1.82) is 0 Å². The van der Waals surface area contributed by atoms with E-state index in [1.807, 2.05) is 6.92 Å². The van der Waals surface area contributed by atoms with Gasteiger partial charge < -0.3 is 79.7 Å². The number of sulfone groups is 1. The molecule has 1 heterocycles. The second-order valence-corrected chi connectivity index (χ2v) is 20.2. The zero-order chi connectivity index (χ0) is 58.0. The Labute approximate surface area is 463 Å². The number of unbranched alkanes of at least 4 members (excludes halogenated alkanes) is 1. The number of carbonyl (C=O) groups excluding carboxylic acids is 6. The van der Waals surface area contributed by atoms with Crippen LogP contribution < -0.4 is 32.3 Å². The van der Waals surface area contributed by atoms with Crippen molar-refractivity contribution in [2.45, 2.75) is 77.6 Å². The molecular weight excluding hydrogens is 1060 g/mol. The highest BCUT2D eigenvalue weighted by molar-refractivity contribution is 7.90. The fourth-order valence-electron chi connectivity index (χ4n) is 6.16. The fourth-order valence-corrected chi connectivity index (χ4v) is 6.65. The van der Waals surface area contributed by atoms with Gasteiger partial charge in [0.25, 0.3) is 0 Å². The highest BCUT2D eigenvalue weighted by Gasteiger charge is 2.24. The lowest BCUT2D eigenvalue weighted by atomic mass is 9.97. The zero-order valence-electron chi connectivity index (χ0n) is 46.3. The number of carbonyl (C=O) groups is 6. The van der Waals surface area contributed by atoms with Crippen LogP contribution in [0.2, 0.25) is 0 Å². The van der Waals surface area contributed by atoms with Crippen LogP contribution in [0, 0.1) is 24.2 Å². The molecule has 0 saturated heterocycles. The number of rotatable bonds is 44. The summed E-state index contributed by atoms with van der Waals surface area (Å²) in [6, 6.07) is 3.41. The van der Waals surface area contributed by atoms with Crippen LogP contribution in [0.1, 0.15) is 69.6 Å². The maximum absolute atomic E-state index is 13.2. The van der Waals surface area contributed by atoms with Crippen molar-refractivity contribution in [3.8, 4) is 11.8 Å². The quantitative estimate of drug-likeness (QED) is 0.0231. The lowest BCUT2D eigenvalue weighted by Gasteiger charge is -2.20. The summed E-state index contributed by atoms with van der Waals surface area (Å²) in [6.07, 6.45) is 5.62. The van der Waals surface area contributed by atoms with E-state index in [-0.39, 0.29) is 49.8 Å². The summed E-state index contributed by atoms with van der Waals surface area (Å²) in [5, 5.41) is 13.0. The van der Waals surface area contributed by atoms with E-state index >= 15 is 0 Å². The second-order valence-electron chi connectivity index (χ2n) is 18.3. The topological polar surface area (TPSA) is 341 Å². The molecule has 0 aliphatic carbocycles. The maximum atomic E-state index is 13.2. The van der Waals surface area contributed by atoms with E-state index in [1.54, 1.807) is 39.0 Å². The van der Waals surface area contributed by atoms with E-state index in [0.717, 1.165) is 17.4 Å². The Balaban J connectivity index is 1.35. The summed E-state index contributed by atoms with van der Waals surface area (Å²) < 4.78 is 77.4. The first-order valence-electron chi connectivity index (χ1n) is 26.0. The molecule has 0 saturated carbocycles. The third kappa shape index (κ3) is 36.8. The number of anilines is 1. The molecule has 0 spiro atoms. The number of nitrogens with zero attached hydrogens (tertiary/aromatic N) is 2. The van der Waals surface area contributed by atoms with Gasteiger partial charge in [-0.25, -0.2) is 23.2 Å². The Morgan fingerprint density at radius 3 is 1.62 bits per heavy atom. The van der Waals surface area contributed by atoms with E-state index in [2.05, 4.69) is 48.4 Å². The van der Waals surface area contributed by atoms with Gasteiger partial charge in [-0.3, -0.25) is 24.0 Å². The van der Waals surface area contributed by atoms with Crippen molar-refractivity contribution in [2.75, 3.05) is 150 Å². The van der Waals surface area contributed by atoms with Crippen LogP contribution in [0.4, 0.5) is 10.5 Å². The molecule has 0 radical (unpaired) electrons. The molecule has 6 amide bonds. The van der Waals surface area contributed by atoms with E-state index in [1.165, 1.54) is 12.4 Å². The number of hydrogen-bond donors (Lipinski definition) is 6. The van der Waals surface area contributed by atoms with Crippen LogP contribution in [-0.4, -0.2) is 205 Å². The van der Waals surface area contributed by atoms with Crippen LogP contribution in [0.5, 0.6) is 0 Å². The summed E-state index contributed by atoms with van der Waals surface area (Å²) >= 11 is 0. The number of ether oxygens (including phenoxy) is 10. The fraction of sp³-hybridized carbons (Fsp3) is 0.654. The van der Waals surface area contributed by atoms with Crippen LogP contribution in [0.3, 0.4) is 0 Å². The standard InChI is InChI=1S/C52H82N8O18S/c1-40-34-43(14-13-42(40)37-78-49(65)52(2,3)4)59-48(64)44(11-9-15-56-50(53)66)60-47(63)39-77-38-46(62)55-17-19-70-21-23-72-25-27-74-29-31-76-33-32-75-30-28-73-26-24-71-22-20-69-18-16-54-45(61)12-8-6-7-10-41-35-57-51(58-36-41)79(5,67)68/h13-14,34-36,44H,6,8-9,11-12,15-33,37-39H2,1-5H3,(H,54,61)(H,55,62)(H,59,64)(H,60,63)(H3,53,56,66)/t44-/m0/s1. The number of esters is 1. The number of amides is 6. The molecule has 0 aliphatic heterocycles. The molecule has 2 rings (SSSR count). The van der Waals surface area contributed by atoms with Gasteiger partial charge in [-0.15, -0.1) is 0 Å². The third-order valence-electron chi connectivity index (χ3n) is 10.3. The molecule has 0 unspecified atom stereocenters. The van der Waals surface area contributed by atoms with E-state index in [9.17, 15) is 37.2 Å².